The van der Waals surface area contributed by atoms with Crippen LogP contribution in [0.4, 0.5) is 5.69 Å². The van der Waals surface area contributed by atoms with Gasteiger partial charge in [-0.3, -0.25) is 19.3 Å². The van der Waals surface area contributed by atoms with E-state index in [0.29, 0.717) is 25.8 Å². The molecule has 1 heterocycles. The maximum Gasteiger partial charge on any atom is 0.229 e. The zero-order valence-corrected chi connectivity index (χ0v) is 13.9. The molecule has 0 atom stereocenters. The van der Waals surface area contributed by atoms with E-state index in [2.05, 4.69) is 5.32 Å². The highest BCUT2D eigenvalue weighted by molar-refractivity contribution is 6.01. The van der Waals surface area contributed by atoms with Gasteiger partial charge >= 0.3 is 0 Å². The highest BCUT2D eigenvalue weighted by Gasteiger charge is 2.27. The third-order valence-electron chi connectivity index (χ3n) is 4.23. The Hall–Kier alpha value is -2.17. The van der Waals surface area contributed by atoms with Crippen LogP contribution in [0.25, 0.3) is 0 Å². The fourth-order valence-electron chi connectivity index (χ4n) is 2.65. The molecule has 1 saturated heterocycles. The van der Waals surface area contributed by atoms with E-state index in [1.165, 1.54) is 10.5 Å². The minimum atomic E-state index is -0.0671. The molecule has 1 fully saturated rings. The first-order chi connectivity index (χ1) is 11.0. The van der Waals surface area contributed by atoms with Crippen molar-refractivity contribution >= 4 is 23.4 Å². The molecular formula is C18H24N2O3. The van der Waals surface area contributed by atoms with Crippen molar-refractivity contribution < 1.29 is 14.4 Å². The van der Waals surface area contributed by atoms with Crippen LogP contribution in [0, 0.1) is 13.8 Å². The zero-order valence-electron chi connectivity index (χ0n) is 13.9. The number of hydrogen-bond acceptors (Lipinski definition) is 3. The number of carbonyl (C=O) groups is 3. The second-order valence-corrected chi connectivity index (χ2v) is 6.10. The van der Waals surface area contributed by atoms with Crippen molar-refractivity contribution in [3.63, 3.8) is 0 Å². The van der Waals surface area contributed by atoms with Crippen LogP contribution in [0.5, 0.6) is 0 Å². The molecule has 3 amide bonds. The van der Waals surface area contributed by atoms with Crippen molar-refractivity contribution in [1.82, 2.24) is 4.90 Å². The normalized spacial score (nSPS) is 14.4. The van der Waals surface area contributed by atoms with E-state index >= 15 is 0 Å². The number of rotatable bonds is 7. The Morgan fingerprint density at radius 2 is 1.74 bits per heavy atom. The van der Waals surface area contributed by atoms with Crippen LogP contribution in [0.2, 0.25) is 0 Å². The molecule has 5 nitrogen and oxygen atoms in total. The minimum absolute atomic E-state index is 0.00146. The summed E-state index contributed by atoms with van der Waals surface area (Å²) >= 11 is 0. The second kappa shape index (κ2) is 7.90. The summed E-state index contributed by atoms with van der Waals surface area (Å²) in [5.41, 5.74) is 3.18. The van der Waals surface area contributed by atoms with E-state index < -0.39 is 0 Å². The zero-order chi connectivity index (χ0) is 16.8. The second-order valence-electron chi connectivity index (χ2n) is 6.10. The fraction of sp³-hybridized carbons (Fsp3) is 0.500. The van der Waals surface area contributed by atoms with Gasteiger partial charge in [-0.05, 0) is 49.9 Å². The smallest absolute Gasteiger partial charge is 0.229 e. The van der Waals surface area contributed by atoms with Gasteiger partial charge in [0.25, 0.3) is 0 Å². The Morgan fingerprint density at radius 3 is 2.39 bits per heavy atom. The van der Waals surface area contributed by atoms with Crippen molar-refractivity contribution in [1.29, 1.82) is 0 Å². The van der Waals surface area contributed by atoms with Crippen molar-refractivity contribution in [2.24, 2.45) is 0 Å². The Morgan fingerprint density at radius 1 is 1.04 bits per heavy atom. The highest BCUT2D eigenvalue weighted by atomic mass is 16.2. The van der Waals surface area contributed by atoms with Gasteiger partial charge in [0, 0.05) is 31.5 Å². The summed E-state index contributed by atoms with van der Waals surface area (Å²) in [4.78, 5) is 36.1. The molecule has 0 aromatic heterocycles. The summed E-state index contributed by atoms with van der Waals surface area (Å²) in [6.07, 6.45) is 3.49. The molecule has 124 valence electrons. The molecule has 0 unspecified atom stereocenters. The first-order valence-corrected chi connectivity index (χ1v) is 8.17. The number of benzene rings is 1. The predicted molar refractivity (Wildman–Crippen MR) is 89.0 cm³/mol. The lowest BCUT2D eigenvalue weighted by molar-refractivity contribution is -0.138. The average molecular weight is 316 g/mol. The highest BCUT2D eigenvalue weighted by Crippen LogP contribution is 2.15. The van der Waals surface area contributed by atoms with Gasteiger partial charge in [0.2, 0.25) is 17.7 Å². The van der Waals surface area contributed by atoms with Gasteiger partial charge in [-0.1, -0.05) is 12.5 Å². The number of nitrogens with one attached hydrogen (secondary N) is 1. The first-order valence-electron chi connectivity index (χ1n) is 8.17. The standard InChI is InChI=1S/C18H24N2O3/c1-13-7-8-15(12-14(13)2)19-16(21)6-4-3-5-11-20-17(22)9-10-18(20)23/h7-8,12H,3-6,9-11H2,1-2H3,(H,19,21). The summed E-state index contributed by atoms with van der Waals surface area (Å²) in [5, 5.41) is 2.90. The average Bonchev–Trinajstić information content (AvgIpc) is 2.82. The maximum atomic E-state index is 11.9. The van der Waals surface area contributed by atoms with Gasteiger partial charge in [-0.15, -0.1) is 0 Å². The summed E-state index contributed by atoms with van der Waals surface area (Å²) in [6, 6.07) is 5.87. The van der Waals surface area contributed by atoms with Crippen molar-refractivity contribution in [2.45, 2.75) is 52.4 Å². The van der Waals surface area contributed by atoms with Gasteiger partial charge in [0.1, 0.15) is 0 Å². The van der Waals surface area contributed by atoms with Gasteiger partial charge in [-0.2, -0.15) is 0 Å². The summed E-state index contributed by atoms with van der Waals surface area (Å²) in [6.45, 7) is 4.54. The van der Waals surface area contributed by atoms with Crippen LogP contribution in [0.3, 0.4) is 0 Å². The van der Waals surface area contributed by atoms with Crippen LogP contribution in [0.15, 0.2) is 18.2 Å². The van der Waals surface area contributed by atoms with Crippen LogP contribution in [-0.4, -0.2) is 29.2 Å². The number of aryl methyl sites for hydroxylation is 2. The lowest BCUT2D eigenvalue weighted by Crippen LogP contribution is -2.29. The molecule has 1 aromatic rings. The summed E-state index contributed by atoms with van der Waals surface area (Å²) in [7, 11) is 0. The summed E-state index contributed by atoms with van der Waals surface area (Å²) < 4.78 is 0. The largest absolute Gasteiger partial charge is 0.326 e. The molecule has 1 aliphatic heterocycles. The number of imide groups is 1. The molecule has 2 rings (SSSR count). The van der Waals surface area contributed by atoms with Gasteiger partial charge in [-0.25, -0.2) is 0 Å². The molecule has 5 heteroatoms. The van der Waals surface area contributed by atoms with E-state index in [4.69, 9.17) is 0 Å². The lowest BCUT2D eigenvalue weighted by Gasteiger charge is -2.13. The summed E-state index contributed by atoms with van der Waals surface area (Å²) in [5.74, 6) is -0.133. The van der Waals surface area contributed by atoms with Gasteiger partial charge in [0.15, 0.2) is 0 Å². The first kappa shape index (κ1) is 17.2. The number of carbonyl (C=O) groups excluding carboxylic acids is 3. The molecule has 0 spiro atoms. The third kappa shape index (κ3) is 4.91. The fourth-order valence-corrected chi connectivity index (χ4v) is 2.65. The van der Waals surface area contributed by atoms with Crippen LogP contribution in [0.1, 0.15) is 49.7 Å². The van der Waals surface area contributed by atoms with E-state index in [9.17, 15) is 14.4 Å². The SMILES string of the molecule is Cc1ccc(NC(=O)CCCCCN2C(=O)CCC2=O)cc1C. The molecule has 0 radical (unpaired) electrons. The predicted octanol–water partition coefficient (Wildman–Crippen LogP) is 2.95. The quantitative estimate of drug-likeness (QED) is 0.621. The van der Waals surface area contributed by atoms with Crippen molar-refractivity contribution in [2.75, 3.05) is 11.9 Å². The number of hydrogen-bond donors (Lipinski definition) is 1. The molecular weight excluding hydrogens is 292 g/mol. The Labute approximate surface area is 137 Å². The lowest BCUT2D eigenvalue weighted by atomic mass is 10.1. The Kier molecular flexibility index (Phi) is 5.90. The van der Waals surface area contributed by atoms with E-state index in [1.54, 1.807) is 0 Å². The number of nitrogens with zero attached hydrogens (tertiary/aromatic N) is 1. The molecule has 1 aromatic carbocycles. The minimum Gasteiger partial charge on any atom is -0.326 e. The molecule has 1 N–H and O–H groups in total. The Balaban J connectivity index is 1.64. The number of amides is 3. The van der Waals surface area contributed by atoms with Crippen molar-refractivity contribution in [3.8, 4) is 0 Å². The molecule has 0 saturated carbocycles. The van der Waals surface area contributed by atoms with Crippen LogP contribution >= 0.6 is 0 Å². The molecule has 23 heavy (non-hydrogen) atoms. The van der Waals surface area contributed by atoms with E-state index in [-0.39, 0.29) is 17.7 Å². The maximum absolute atomic E-state index is 11.9. The Bertz CT molecular complexity index is 594. The molecule has 0 aliphatic carbocycles. The molecule has 0 bridgehead atoms. The number of likely N-dealkylation sites (tertiary alicyclic amines) is 1. The van der Waals surface area contributed by atoms with Gasteiger partial charge < -0.3 is 5.32 Å². The van der Waals surface area contributed by atoms with Crippen molar-refractivity contribution in [3.05, 3.63) is 29.3 Å². The molecule has 1 aliphatic rings. The monoisotopic (exact) mass is 316 g/mol. The number of unbranched alkanes of at least 4 members (excludes halogenated alkanes) is 2. The van der Waals surface area contributed by atoms with E-state index in [1.807, 2.05) is 32.0 Å². The van der Waals surface area contributed by atoms with Crippen LogP contribution in [-0.2, 0) is 14.4 Å². The topological polar surface area (TPSA) is 66.5 Å². The van der Waals surface area contributed by atoms with Crippen LogP contribution < -0.4 is 5.32 Å². The van der Waals surface area contributed by atoms with E-state index in [0.717, 1.165) is 30.5 Å². The number of anilines is 1. The van der Waals surface area contributed by atoms with Gasteiger partial charge in [0.05, 0.1) is 0 Å². The third-order valence-corrected chi connectivity index (χ3v) is 4.23.